The zero-order valence-electron chi connectivity index (χ0n) is 12.5. The van der Waals surface area contributed by atoms with E-state index < -0.39 is 11.6 Å². The van der Waals surface area contributed by atoms with Gasteiger partial charge >= 0.3 is 0 Å². The van der Waals surface area contributed by atoms with Crippen LogP contribution in [0.3, 0.4) is 0 Å². The molecule has 2 aromatic carbocycles. The van der Waals surface area contributed by atoms with Crippen LogP contribution in [-0.2, 0) is 0 Å². The van der Waals surface area contributed by atoms with Gasteiger partial charge in [0.15, 0.2) is 0 Å². The third-order valence-electron chi connectivity index (χ3n) is 4.65. The maximum Gasteiger partial charge on any atom is 0.150 e. The fourth-order valence-electron chi connectivity index (χ4n) is 3.40. The van der Waals surface area contributed by atoms with Crippen LogP contribution in [0.1, 0.15) is 24.3 Å². The zero-order chi connectivity index (χ0) is 16.8. The topological polar surface area (TPSA) is 36.0 Å². The Labute approximate surface area is 140 Å². The van der Waals surface area contributed by atoms with Crippen molar-refractivity contribution in [2.75, 3.05) is 0 Å². The summed E-state index contributed by atoms with van der Waals surface area (Å²) in [7, 11) is 0. The summed E-state index contributed by atoms with van der Waals surface area (Å²) in [6.07, 6.45) is 1.47. The van der Waals surface area contributed by atoms with Crippen molar-refractivity contribution in [1.82, 2.24) is 4.98 Å². The van der Waals surface area contributed by atoms with E-state index in [-0.39, 0.29) is 22.5 Å². The number of aromatic amines is 1. The van der Waals surface area contributed by atoms with Crippen molar-refractivity contribution >= 4 is 22.9 Å². The first-order chi connectivity index (χ1) is 11.6. The SMILES string of the molecule is OSC1CC(c2c(-c3ccc(F)cc3)[nH]c3c(F)cc(F)cc23)C1. The van der Waals surface area contributed by atoms with E-state index in [4.69, 9.17) is 4.55 Å². The molecule has 124 valence electrons. The van der Waals surface area contributed by atoms with E-state index in [2.05, 4.69) is 4.98 Å². The molecule has 1 aliphatic rings. The molecule has 2 N–H and O–H groups in total. The van der Waals surface area contributed by atoms with E-state index >= 15 is 0 Å². The molecule has 0 aliphatic heterocycles. The summed E-state index contributed by atoms with van der Waals surface area (Å²) in [5.74, 6) is -1.52. The summed E-state index contributed by atoms with van der Waals surface area (Å²) in [4.78, 5) is 3.04. The average molecular weight is 349 g/mol. The van der Waals surface area contributed by atoms with Crippen molar-refractivity contribution in [2.45, 2.75) is 24.0 Å². The van der Waals surface area contributed by atoms with Gasteiger partial charge in [-0.3, -0.25) is 0 Å². The molecule has 0 spiro atoms. The van der Waals surface area contributed by atoms with Crippen LogP contribution in [0.25, 0.3) is 22.2 Å². The van der Waals surface area contributed by atoms with Crippen molar-refractivity contribution in [3.8, 4) is 11.3 Å². The smallest absolute Gasteiger partial charge is 0.150 e. The molecule has 0 radical (unpaired) electrons. The number of benzene rings is 2. The number of halogens is 3. The second-order valence-corrected chi connectivity index (χ2v) is 7.00. The van der Waals surface area contributed by atoms with Gasteiger partial charge in [-0.2, -0.15) is 0 Å². The van der Waals surface area contributed by atoms with Crippen LogP contribution in [0.4, 0.5) is 13.2 Å². The summed E-state index contributed by atoms with van der Waals surface area (Å²) in [6.45, 7) is 0. The Kier molecular flexibility index (Phi) is 3.81. The van der Waals surface area contributed by atoms with Crippen LogP contribution in [0.5, 0.6) is 0 Å². The minimum Gasteiger partial charge on any atom is -0.352 e. The lowest BCUT2D eigenvalue weighted by Crippen LogP contribution is -2.24. The second-order valence-electron chi connectivity index (χ2n) is 6.13. The largest absolute Gasteiger partial charge is 0.352 e. The highest BCUT2D eigenvalue weighted by molar-refractivity contribution is 7.94. The van der Waals surface area contributed by atoms with Crippen molar-refractivity contribution in [2.24, 2.45) is 0 Å². The molecule has 1 saturated carbocycles. The number of rotatable bonds is 3. The van der Waals surface area contributed by atoms with Crippen LogP contribution >= 0.6 is 12.0 Å². The highest BCUT2D eigenvalue weighted by Crippen LogP contribution is 2.48. The highest BCUT2D eigenvalue weighted by Gasteiger charge is 2.35. The molecule has 0 saturated heterocycles. The first kappa shape index (κ1) is 15.6. The molecule has 24 heavy (non-hydrogen) atoms. The molecule has 0 amide bonds. The van der Waals surface area contributed by atoms with Gasteiger partial charge in [0, 0.05) is 16.7 Å². The van der Waals surface area contributed by atoms with Gasteiger partial charge in [-0.05, 0) is 72.3 Å². The summed E-state index contributed by atoms with van der Waals surface area (Å²) in [5.41, 5.74) is 2.49. The fourth-order valence-corrected chi connectivity index (χ4v) is 4.03. The second kappa shape index (κ2) is 5.86. The Balaban J connectivity index is 1.91. The van der Waals surface area contributed by atoms with Gasteiger partial charge in [-0.15, -0.1) is 0 Å². The van der Waals surface area contributed by atoms with Gasteiger partial charge in [0.05, 0.1) is 11.2 Å². The van der Waals surface area contributed by atoms with Crippen LogP contribution in [-0.4, -0.2) is 14.8 Å². The van der Waals surface area contributed by atoms with E-state index in [1.54, 1.807) is 12.1 Å². The average Bonchev–Trinajstić information content (AvgIpc) is 2.87. The molecular formula is C18H14F3NOS. The van der Waals surface area contributed by atoms with Crippen molar-refractivity contribution in [3.05, 3.63) is 59.4 Å². The van der Waals surface area contributed by atoms with Crippen LogP contribution in [0.15, 0.2) is 36.4 Å². The lowest BCUT2D eigenvalue weighted by Gasteiger charge is -2.33. The van der Waals surface area contributed by atoms with Crippen molar-refractivity contribution in [3.63, 3.8) is 0 Å². The Bertz CT molecular complexity index is 901. The molecule has 0 bridgehead atoms. The molecule has 6 heteroatoms. The lowest BCUT2D eigenvalue weighted by molar-refractivity contribution is 0.426. The number of H-pyrrole nitrogens is 1. The van der Waals surface area contributed by atoms with Gasteiger partial charge < -0.3 is 9.54 Å². The quantitative estimate of drug-likeness (QED) is 0.595. The third kappa shape index (κ3) is 2.50. The van der Waals surface area contributed by atoms with Crippen LogP contribution in [0, 0.1) is 17.5 Å². The van der Waals surface area contributed by atoms with Crippen molar-refractivity contribution in [1.29, 1.82) is 0 Å². The monoisotopic (exact) mass is 349 g/mol. The molecular weight excluding hydrogens is 335 g/mol. The van der Waals surface area contributed by atoms with E-state index in [0.29, 0.717) is 11.1 Å². The van der Waals surface area contributed by atoms with Crippen LogP contribution < -0.4 is 0 Å². The molecule has 1 aromatic heterocycles. The maximum absolute atomic E-state index is 14.2. The Hall–Kier alpha value is -1.92. The van der Waals surface area contributed by atoms with E-state index in [9.17, 15) is 13.2 Å². The normalized spacial score (nSPS) is 20.3. The number of aromatic nitrogens is 1. The fraction of sp³-hybridized carbons (Fsp3) is 0.222. The minimum atomic E-state index is -0.646. The van der Waals surface area contributed by atoms with Gasteiger partial charge in [0.25, 0.3) is 0 Å². The first-order valence-corrected chi connectivity index (χ1v) is 8.47. The molecule has 3 aromatic rings. The summed E-state index contributed by atoms with van der Waals surface area (Å²) < 4.78 is 50.3. The lowest BCUT2D eigenvalue weighted by atomic mass is 9.77. The first-order valence-electron chi connectivity index (χ1n) is 7.63. The number of hydrogen-bond donors (Lipinski definition) is 2. The molecule has 0 unspecified atom stereocenters. The standard InChI is InChI=1S/C18H14F3NOS/c19-11-3-1-9(2-4-11)17-16(10-5-13(6-10)24-23)14-7-12(20)8-15(21)18(14)22-17/h1-4,7-8,10,13,22-23H,5-6H2. The van der Waals surface area contributed by atoms with E-state index in [1.165, 1.54) is 18.2 Å². The predicted octanol–water partition coefficient (Wildman–Crippen LogP) is 5.70. The summed E-state index contributed by atoms with van der Waals surface area (Å²) in [5, 5.41) is 0.651. The Morgan fingerprint density at radius 1 is 1.00 bits per heavy atom. The number of fused-ring (bicyclic) bond motifs is 1. The van der Waals surface area contributed by atoms with Gasteiger partial charge in [-0.25, -0.2) is 13.2 Å². The molecule has 1 aliphatic carbocycles. The Morgan fingerprint density at radius 3 is 2.38 bits per heavy atom. The van der Waals surface area contributed by atoms with Gasteiger partial charge in [0.2, 0.25) is 0 Å². The van der Waals surface area contributed by atoms with E-state index in [0.717, 1.165) is 42.1 Å². The maximum atomic E-state index is 14.2. The van der Waals surface area contributed by atoms with Crippen LogP contribution in [0.2, 0.25) is 0 Å². The molecule has 4 rings (SSSR count). The summed E-state index contributed by atoms with van der Waals surface area (Å²) in [6, 6.07) is 8.10. The molecule has 1 fully saturated rings. The minimum absolute atomic E-state index is 0.102. The van der Waals surface area contributed by atoms with E-state index in [1.807, 2.05) is 0 Å². The Morgan fingerprint density at radius 2 is 1.71 bits per heavy atom. The summed E-state index contributed by atoms with van der Waals surface area (Å²) >= 11 is 0.820. The highest BCUT2D eigenvalue weighted by atomic mass is 32.2. The van der Waals surface area contributed by atoms with Crippen molar-refractivity contribution < 1.29 is 17.7 Å². The third-order valence-corrected chi connectivity index (χ3v) is 5.33. The number of hydrogen-bond acceptors (Lipinski definition) is 2. The number of nitrogens with one attached hydrogen (secondary N) is 1. The zero-order valence-corrected chi connectivity index (χ0v) is 13.3. The predicted molar refractivity (Wildman–Crippen MR) is 89.6 cm³/mol. The van der Waals surface area contributed by atoms with Gasteiger partial charge in [-0.1, -0.05) is 0 Å². The molecule has 0 atom stereocenters. The van der Waals surface area contributed by atoms with Gasteiger partial charge in [0.1, 0.15) is 17.5 Å². The molecule has 2 nitrogen and oxygen atoms in total. The molecule has 1 heterocycles.